The summed E-state index contributed by atoms with van der Waals surface area (Å²) in [6.45, 7) is 1.81. The summed E-state index contributed by atoms with van der Waals surface area (Å²) in [7, 11) is 0. The summed E-state index contributed by atoms with van der Waals surface area (Å²) in [6, 6.07) is 3.60. The van der Waals surface area contributed by atoms with Crippen LogP contribution in [0.1, 0.15) is 25.7 Å². The molecule has 1 aromatic heterocycles. The van der Waals surface area contributed by atoms with Crippen molar-refractivity contribution < 1.29 is 9.90 Å². The van der Waals surface area contributed by atoms with Crippen LogP contribution in [0.5, 0.6) is 0 Å². The highest BCUT2D eigenvalue weighted by molar-refractivity contribution is 6.29. The number of hydrogen-bond acceptors (Lipinski definition) is 4. The van der Waals surface area contributed by atoms with Gasteiger partial charge in [-0.15, -0.1) is 10.2 Å². The minimum atomic E-state index is -0.707. The number of piperidine rings is 1. The van der Waals surface area contributed by atoms with Crippen molar-refractivity contribution >= 4 is 23.4 Å². The molecule has 2 rings (SSSR count). The van der Waals surface area contributed by atoms with Crippen molar-refractivity contribution in [3.8, 4) is 0 Å². The Balaban J connectivity index is 1.83. The predicted molar refractivity (Wildman–Crippen MR) is 68.8 cm³/mol. The lowest BCUT2D eigenvalue weighted by molar-refractivity contribution is -0.137. The van der Waals surface area contributed by atoms with Gasteiger partial charge < -0.3 is 10.0 Å². The molecule has 0 aromatic carbocycles. The monoisotopic (exact) mass is 269 g/mol. The van der Waals surface area contributed by atoms with Crippen molar-refractivity contribution in [3.63, 3.8) is 0 Å². The molecule has 0 unspecified atom stereocenters. The SMILES string of the molecule is O=C(O)CCC1CCN(c2ccc(Cl)nn2)CC1. The van der Waals surface area contributed by atoms with Crippen LogP contribution in [0.4, 0.5) is 5.82 Å². The minimum absolute atomic E-state index is 0.269. The number of carbonyl (C=O) groups is 1. The molecule has 1 aliphatic rings. The van der Waals surface area contributed by atoms with Crippen molar-refractivity contribution in [1.29, 1.82) is 0 Å². The highest BCUT2D eigenvalue weighted by Gasteiger charge is 2.20. The van der Waals surface area contributed by atoms with E-state index in [-0.39, 0.29) is 6.42 Å². The molecule has 18 heavy (non-hydrogen) atoms. The summed E-state index contributed by atoms with van der Waals surface area (Å²) in [5, 5.41) is 16.9. The smallest absolute Gasteiger partial charge is 0.303 e. The Labute approximate surface area is 111 Å². The number of carboxylic acids is 1. The van der Waals surface area contributed by atoms with E-state index >= 15 is 0 Å². The molecule has 98 valence electrons. The molecule has 1 saturated heterocycles. The first kappa shape index (κ1) is 13.1. The first-order valence-corrected chi connectivity index (χ1v) is 6.49. The van der Waals surface area contributed by atoms with Gasteiger partial charge in [0.05, 0.1) is 0 Å². The van der Waals surface area contributed by atoms with E-state index in [1.54, 1.807) is 6.07 Å². The van der Waals surface area contributed by atoms with Crippen LogP contribution in [-0.4, -0.2) is 34.4 Å². The van der Waals surface area contributed by atoms with E-state index < -0.39 is 5.97 Å². The van der Waals surface area contributed by atoms with Crippen LogP contribution in [0.25, 0.3) is 0 Å². The third kappa shape index (κ3) is 3.57. The Morgan fingerprint density at radius 2 is 2.11 bits per heavy atom. The standard InChI is InChI=1S/C12H16ClN3O2/c13-10-2-3-11(15-14-10)16-7-5-9(6-8-16)1-4-12(17)18/h2-3,9H,1,4-8H2,(H,17,18). The van der Waals surface area contributed by atoms with Gasteiger partial charge in [-0.3, -0.25) is 4.79 Å². The molecule has 1 N–H and O–H groups in total. The normalized spacial score (nSPS) is 16.8. The third-order valence-corrected chi connectivity index (χ3v) is 3.52. The Hall–Kier alpha value is -1.36. The summed E-state index contributed by atoms with van der Waals surface area (Å²) >= 11 is 5.70. The molecule has 0 radical (unpaired) electrons. The van der Waals surface area contributed by atoms with Gasteiger partial charge in [0.1, 0.15) is 0 Å². The Morgan fingerprint density at radius 3 is 2.67 bits per heavy atom. The van der Waals surface area contributed by atoms with Crippen LogP contribution in [-0.2, 0) is 4.79 Å². The molecule has 0 spiro atoms. The quantitative estimate of drug-likeness (QED) is 0.908. The molecule has 6 heteroatoms. The zero-order chi connectivity index (χ0) is 13.0. The fourth-order valence-corrected chi connectivity index (χ4v) is 2.36. The first-order chi connectivity index (χ1) is 8.65. The predicted octanol–water partition coefficient (Wildman–Crippen LogP) is 2.21. The van der Waals surface area contributed by atoms with Gasteiger partial charge in [0.25, 0.3) is 0 Å². The van der Waals surface area contributed by atoms with Gasteiger partial charge in [-0.25, -0.2) is 0 Å². The van der Waals surface area contributed by atoms with E-state index in [1.807, 2.05) is 6.07 Å². The molecule has 2 heterocycles. The average molecular weight is 270 g/mol. The van der Waals surface area contributed by atoms with Crippen molar-refractivity contribution in [1.82, 2.24) is 10.2 Å². The van der Waals surface area contributed by atoms with E-state index in [0.29, 0.717) is 11.1 Å². The Morgan fingerprint density at radius 1 is 1.39 bits per heavy atom. The summed E-state index contributed by atoms with van der Waals surface area (Å²) in [6.07, 6.45) is 3.07. The second kappa shape index (κ2) is 6.00. The van der Waals surface area contributed by atoms with E-state index in [4.69, 9.17) is 16.7 Å². The zero-order valence-corrected chi connectivity index (χ0v) is 10.8. The van der Waals surface area contributed by atoms with E-state index in [1.165, 1.54) is 0 Å². The Bertz CT molecular complexity index is 402. The van der Waals surface area contributed by atoms with Gasteiger partial charge in [0, 0.05) is 19.5 Å². The zero-order valence-electron chi connectivity index (χ0n) is 10.0. The second-order valence-electron chi connectivity index (χ2n) is 4.58. The lowest BCUT2D eigenvalue weighted by atomic mass is 9.92. The van der Waals surface area contributed by atoms with Crippen molar-refractivity contribution in [3.05, 3.63) is 17.3 Å². The van der Waals surface area contributed by atoms with Crippen LogP contribution in [0.15, 0.2) is 12.1 Å². The lowest BCUT2D eigenvalue weighted by Crippen LogP contribution is -2.34. The summed E-state index contributed by atoms with van der Waals surface area (Å²) in [5.74, 6) is 0.648. The molecule has 1 fully saturated rings. The molecule has 5 nitrogen and oxygen atoms in total. The molecule has 0 saturated carbocycles. The summed E-state index contributed by atoms with van der Waals surface area (Å²) in [5.41, 5.74) is 0. The van der Waals surface area contributed by atoms with Crippen LogP contribution in [0, 0.1) is 5.92 Å². The van der Waals surface area contributed by atoms with Crippen LogP contribution < -0.4 is 4.90 Å². The lowest BCUT2D eigenvalue weighted by Gasteiger charge is -2.32. The maximum atomic E-state index is 10.5. The number of nitrogens with zero attached hydrogens (tertiary/aromatic N) is 3. The van der Waals surface area contributed by atoms with Crippen LogP contribution in [0.3, 0.4) is 0 Å². The summed E-state index contributed by atoms with van der Waals surface area (Å²) in [4.78, 5) is 12.7. The maximum Gasteiger partial charge on any atom is 0.303 e. The number of hydrogen-bond donors (Lipinski definition) is 1. The van der Waals surface area contributed by atoms with Gasteiger partial charge in [0.2, 0.25) is 0 Å². The topological polar surface area (TPSA) is 66.3 Å². The molecule has 0 atom stereocenters. The van der Waals surface area contributed by atoms with E-state index in [0.717, 1.165) is 38.2 Å². The Kier molecular flexibility index (Phi) is 4.36. The number of halogens is 1. The number of carboxylic acid groups (broad SMARTS) is 1. The van der Waals surface area contributed by atoms with Crippen LogP contribution >= 0.6 is 11.6 Å². The maximum absolute atomic E-state index is 10.5. The first-order valence-electron chi connectivity index (χ1n) is 6.11. The van der Waals surface area contributed by atoms with Gasteiger partial charge in [-0.05, 0) is 37.3 Å². The molecule has 0 aliphatic carbocycles. The molecule has 1 aliphatic heterocycles. The molecular weight excluding hydrogens is 254 g/mol. The van der Waals surface area contributed by atoms with E-state index in [9.17, 15) is 4.79 Å². The number of anilines is 1. The second-order valence-corrected chi connectivity index (χ2v) is 4.96. The fraction of sp³-hybridized carbons (Fsp3) is 0.583. The molecule has 0 amide bonds. The third-order valence-electron chi connectivity index (χ3n) is 3.32. The van der Waals surface area contributed by atoms with Crippen molar-refractivity contribution in [2.24, 2.45) is 5.92 Å². The largest absolute Gasteiger partial charge is 0.481 e. The van der Waals surface area contributed by atoms with Gasteiger partial charge in [-0.1, -0.05) is 11.6 Å². The minimum Gasteiger partial charge on any atom is -0.481 e. The summed E-state index contributed by atoms with van der Waals surface area (Å²) < 4.78 is 0. The van der Waals surface area contributed by atoms with E-state index in [2.05, 4.69) is 15.1 Å². The van der Waals surface area contributed by atoms with Crippen LogP contribution in [0.2, 0.25) is 5.15 Å². The highest BCUT2D eigenvalue weighted by atomic mass is 35.5. The average Bonchev–Trinajstić information content (AvgIpc) is 2.38. The van der Waals surface area contributed by atoms with Gasteiger partial charge >= 0.3 is 5.97 Å². The van der Waals surface area contributed by atoms with Crippen molar-refractivity contribution in [2.75, 3.05) is 18.0 Å². The van der Waals surface area contributed by atoms with Crippen molar-refractivity contribution in [2.45, 2.75) is 25.7 Å². The molecule has 0 bridgehead atoms. The van der Waals surface area contributed by atoms with Gasteiger partial charge in [0.15, 0.2) is 11.0 Å². The number of rotatable bonds is 4. The fourth-order valence-electron chi connectivity index (χ4n) is 2.26. The molecule has 1 aromatic rings. The highest BCUT2D eigenvalue weighted by Crippen LogP contribution is 2.24. The van der Waals surface area contributed by atoms with Gasteiger partial charge in [-0.2, -0.15) is 0 Å². The number of aromatic nitrogens is 2. The number of aliphatic carboxylic acids is 1. The molecular formula is C12H16ClN3O2.